The Labute approximate surface area is 109 Å². The van der Waals surface area contributed by atoms with Crippen LogP contribution in [0.1, 0.15) is 18.2 Å². The fourth-order valence-corrected chi connectivity index (χ4v) is 2.42. The van der Waals surface area contributed by atoms with Gasteiger partial charge in [-0.25, -0.2) is 0 Å². The van der Waals surface area contributed by atoms with Gasteiger partial charge in [-0.3, -0.25) is 4.98 Å². The number of pyridine rings is 1. The Bertz CT molecular complexity index is 521. The molecule has 0 fully saturated rings. The first-order chi connectivity index (χ1) is 7.56. The van der Waals surface area contributed by atoms with Crippen LogP contribution < -0.4 is 5.73 Å². The molecule has 0 saturated carbocycles. The van der Waals surface area contributed by atoms with E-state index in [1.165, 1.54) is 14.5 Å². The summed E-state index contributed by atoms with van der Waals surface area (Å²) in [4.78, 5) is 4.54. The molecule has 0 amide bonds. The van der Waals surface area contributed by atoms with Crippen molar-refractivity contribution in [3.8, 4) is 0 Å². The predicted molar refractivity (Wildman–Crippen MR) is 76.6 cm³/mol. The van der Waals surface area contributed by atoms with Crippen molar-refractivity contribution < 1.29 is 0 Å². The first-order valence-corrected chi connectivity index (χ1v) is 6.45. The summed E-state index contributed by atoms with van der Waals surface area (Å²) < 4.78 is 1.24. The van der Waals surface area contributed by atoms with E-state index < -0.39 is 0 Å². The normalized spacial score (nSPS) is 13.0. The molecule has 0 spiro atoms. The Morgan fingerprint density at radius 1 is 1.38 bits per heavy atom. The average molecular weight is 326 g/mol. The molecule has 1 aromatic carbocycles. The Morgan fingerprint density at radius 2 is 2.12 bits per heavy atom. The van der Waals surface area contributed by atoms with Gasteiger partial charge in [0.15, 0.2) is 0 Å². The van der Waals surface area contributed by atoms with Gasteiger partial charge < -0.3 is 5.73 Å². The van der Waals surface area contributed by atoms with Crippen molar-refractivity contribution in [3.63, 3.8) is 0 Å². The first-order valence-electron chi connectivity index (χ1n) is 5.37. The van der Waals surface area contributed by atoms with E-state index in [1.807, 2.05) is 13.8 Å². The SMILES string of the molecule is Cc1cc(CC(C)N)c2cc(I)ccc2n1. The van der Waals surface area contributed by atoms with Crippen LogP contribution in [-0.2, 0) is 6.42 Å². The summed E-state index contributed by atoms with van der Waals surface area (Å²) in [5.41, 5.74) is 9.31. The van der Waals surface area contributed by atoms with Gasteiger partial charge in [-0.15, -0.1) is 0 Å². The Hall–Kier alpha value is -0.680. The van der Waals surface area contributed by atoms with Crippen LogP contribution in [0.4, 0.5) is 0 Å². The zero-order valence-corrected chi connectivity index (χ0v) is 11.7. The van der Waals surface area contributed by atoms with E-state index in [1.54, 1.807) is 0 Å². The predicted octanol–water partition coefficient (Wildman–Crippen LogP) is 3.04. The van der Waals surface area contributed by atoms with Crippen LogP contribution in [0.2, 0.25) is 0 Å². The van der Waals surface area contributed by atoms with Crippen molar-refractivity contribution in [1.82, 2.24) is 4.98 Å². The number of halogens is 1. The molecule has 2 rings (SSSR count). The van der Waals surface area contributed by atoms with Crippen LogP contribution in [0.5, 0.6) is 0 Å². The molecule has 1 aromatic heterocycles. The zero-order valence-electron chi connectivity index (χ0n) is 9.50. The van der Waals surface area contributed by atoms with Crippen molar-refractivity contribution in [1.29, 1.82) is 0 Å². The molecule has 0 radical (unpaired) electrons. The number of rotatable bonds is 2. The van der Waals surface area contributed by atoms with E-state index in [9.17, 15) is 0 Å². The van der Waals surface area contributed by atoms with E-state index >= 15 is 0 Å². The van der Waals surface area contributed by atoms with Crippen molar-refractivity contribution in [3.05, 3.63) is 39.1 Å². The maximum absolute atomic E-state index is 5.88. The monoisotopic (exact) mass is 326 g/mol. The molecular formula is C13H15IN2. The van der Waals surface area contributed by atoms with E-state index in [-0.39, 0.29) is 6.04 Å². The summed E-state index contributed by atoms with van der Waals surface area (Å²) in [5, 5.41) is 1.23. The number of hydrogen-bond acceptors (Lipinski definition) is 2. The lowest BCUT2D eigenvalue weighted by Crippen LogP contribution is -2.18. The fraction of sp³-hybridized carbons (Fsp3) is 0.308. The van der Waals surface area contributed by atoms with Gasteiger partial charge in [0.05, 0.1) is 5.52 Å². The maximum atomic E-state index is 5.88. The minimum Gasteiger partial charge on any atom is -0.328 e. The molecule has 3 heteroatoms. The number of nitrogens with zero attached hydrogens (tertiary/aromatic N) is 1. The van der Waals surface area contributed by atoms with Gasteiger partial charge in [0, 0.05) is 20.7 Å². The van der Waals surface area contributed by atoms with Crippen molar-refractivity contribution in [2.24, 2.45) is 5.73 Å². The molecule has 0 aliphatic heterocycles. The van der Waals surface area contributed by atoms with Crippen LogP contribution in [0.15, 0.2) is 24.3 Å². The number of nitrogens with two attached hydrogens (primary N) is 1. The standard InChI is InChI=1S/C13H15IN2/c1-8(15)5-10-6-9(2)16-13-4-3-11(14)7-12(10)13/h3-4,6-8H,5,15H2,1-2H3. The van der Waals surface area contributed by atoms with Gasteiger partial charge in [0.25, 0.3) is 0 Å². The highest BCUT2D eigenvalue weighted by Gasteiger charge is 2.06. The molecule has 1 unspecified atom stereocenters. The average Bonchev–Trinajstić information content (AvgIpc) is 2.18. The van der Waals surface area contributed by atoms with Crippen molar-refractivity contribution in [2.45, 2.75) is 26.3 Å². The van der Waals surface area contributed by atoms with Crippen LogP contribution >= 0.6 is 22.6 Å². The molecule has 2 aromatic rings. The Morgan fingerprint density at radius 3 is 2.81 bits per heavy atom. The van der Waals surface area contributed by atoms with Crippen LogP contribution in [0.3, 0.4) is 0 Å². The number of aryl methyl sites for hydroxylation is 1. The molecule has 2 N–H and O–H groups in total. The molecule has 1 atom stereocenters. The molecular weight excluding hydrogens is 311 g/mol. The minimum absolute atomic E-state index is 0.183. The third kappa shape index (κ3) is 2.52. The summed E-state index contributed by atoms with van der Waals surface area (Å²) in [5.74, 6) is 0. The molecule has 84 valence electrons. The van der Waals surface area contributed by atoms with Crippen LogP contribution in [0, 0.1) is 10.5 Å². The van der Waals surface area contributed by atoms with E-state index in [2.05, 4.69) is 51.8 Å². The summed E-state index contributed by atoms with van der Waals surface area (Å²) in [6.07, 6.45) is 0.903. The van der Waals surface area contributed by atoms with Gasteiger partial charge in [-0.2, -0.15) is 0 Å². The van der Waals surface area contributed by atoms with Gasteiger partial charge >= 0.3 is 0 Å². The molecule has 0 aliphatic carbocycles. The Kier molecular flexibility index (Phi) is 3.44. The van der Waals surface area contributed by atoms with Gasteiger partial charge in [-0.05, 0) is 72.7 Å². The lowest BCUT2D eigenvalue weighted by atomic mass is 10.0. The third-order valence-electron chi connectivity index (χ3n) is 2.53. The van der Waals surface area contributed by atoms with Gasteiger partial charge in [0.2, 0.25) is 0 Å². The minimum atomic E-state index is 0.183. The lowest BCUT2D eigenvalue weighted by molar-refractivity contribution is 0.740. The topological polar surface area (TPSA) is 38.9 Å². The van der Waals surface area contributed by atoms with Gasteiger partial charge in [0.1, 0.15) is 0 Å². The molecule has 0 aliphatic rings. The second-order valence-corrected chi connectivity index (χ2v) is 5.51. The van der Waals surface area contributed by atoms with Crippen LogP contribution in [-0.4, -0.2) is 11.0 Å². The summed E-state index contributed by atoms with van der Waals surface area (Å²) in [6.45, 7) is 4.07. The number of hydrogen-bond donors (Lipinski definition) is 1. The molecule has 1 heterocycles. The first kappa shape index (κ1) is 11.8. The largest absolute Gasteiger partial charge is 0.328 e. The molecule has 2 nitrogen and oxygen atoms in total. The second-order valence-electron chi connectivity index (χ2n) is 4.27. The van der Waals surface area contributed by atoms with Gasteiger partial charge in [-0.1, -0.05) is 0 Å². The van der Waals surface area contributed by atoms with Crippen molar-refractivity contribution in [2.75, 3.05) is 0 Å². The second kappa shape index (κ2) is 4.67. The summed E-state index contributed by atoms with van der Waals surface area (Å²) >= 11 is 2.33. The molecule has 0 saturated heterocycles. The molecule has 0 bridgehead atoms. The highest BCUT2D eigenvalue weighted by Crippen LogP contribution is 2.21. The quantitative estimate of drug-likeness (QED) is 0.862. The van der Waals surface area contributed by atoms with Crippen LogP contribution in [0.25, 0.3) is 10.9 Å². The fourth-order valence-electron chi connectivity index (χ4n) is 1.93. The van der Waals surface area contributed by atoms with E-state index in [4.69, 9.17) is 5.73 Å². The van der Waals surface area contributed by atoms with Crippen molar-refractivity contribution >= 4 is 33.5 Å². The summed E-state index contributed by atoms with van der Waals surface area (Å²) in [7, 11) is 0. The zero-order chi connectivity index (χ0) is 11.7. The number of fused-ring (bicyclic) bond motifs is 1. The number of aromatic nitrogens is 1. The highest BCUT2D eigenvalue weighted by molar-refractivity contribution is 14.1. The summed E-state index contributed by atoms with van der Waals surface area (Å²) in [6, 6.07) is 8.67. The van der Waals surface area contributed by atoms with E-state index in [0.717, 1.165) is 17.6 Å². The van der Waals surface area contributed by atoms with E-state index in [0.29, 0.717) is 0 Å². The third-order valence-corrected chi connectivity index (χ3v) is 3.20. The Balaban J connectivity index is 2.64. The lowest BCUT2D eigenvalue weighted by Gasteiger charge is -2.10. The highest BCUT2D eigenvalue weighted by atomic mass is 127. The molecule has 16 heavy (non-hydrogen) atoms. The maximum Gasteiger partial charge on any atom is 0.0708 e. The smallest absolute Gasteiger partial charge is 0.0708 e. The number of benzene rings is 1.